The molecule has 2 aliphatic carbocycles. The molecule has 2 atom stereocenters. The third-order valence-electron chi connectivity index (χ3n) is 3.78. The molecule has 0 spiro atoms. The lowest BCUT2D eigenvalue weighted by atomic mass is 9.91. The van der Waals surface area contributed by atoms with Gasteiger partial charge in [0, 0.05) is 0 Å². The van der Waals surface area contributed by atoms with Crippen molar-refractivity contribution < 1.29 is 0 Å². The van der Waals surface area contributed by atoms with Crippen molar-refractivity contribution in [1.29, 1.82) is 0 Å². The smallest absolute Gasteiger partial charge is 0.0209 e. The highest BCUT2D eigenvalue weighted by Gasteiger charge is 2.82. The quantitative estimate of drug-likeness (QED) is 0.486. The molecule has 0 heterocycles. The third-order valence-corrected chi connectivity index (χ3v) is 3.78. The Hall–Kier alpha value is 0. The summed E-state index contributed by atoms with van der Waals surface area (Å²) >= 11 is 0. The molecule has 0 aliphatic heterocycles. The highest BCUT2D eigenvalue weighted by molar-refractivity contribution is 5.30. The SMILES string of the molecule is CCC12CC1C2(C)C. The minimum Gasteiger partial charge on any atom is -0.0648 e. The summed E-state index contributed by atoms with van der Waals surface area (Å²) in [5.74, 6) is 1.12. The Bertz CT molecular complexity index is 135. The summed E-state index contributed by atoms with van der Waals surface area (Å²) in [6, 6.07) is 0. The molecule has 8 heavy (non-hydrogen) atoms. The number of rotatable bonds is 1. The predicted octanol–water partition coefficient (Wildman–Crippen LogP) is 2.44. The first kappa shape index (κ1) is 4.84. The predicted molar refractivity (Wildman–Crippen MR) is 34.6 cm³/mol. The van der Waals surface area contributed by atoms with Crippen LogP contribution >= 0.6 is 0 Å². The molecule has 0 nitrogen and oxygen atoms in total. The fourth-order valence-electron chi connectivity index (χ4n) is 2.60. The molecule has 0 N–H and O–H groups in total. The van der Waals surface area contributed by atoms with Crippen molar-refractivity contribution >= 4 is 0 Å². The standard InChI is InChI=1S/C8H14/c1-4-8-5-6(8)7(8,2)3/h6H,4-5H2,1-3H3. The molecule has 0 aromatic carbocycles. The molecule has 0 radical (unpaired) electrons. The molecule has 0 amide bonds. The van der Waals surface area contributed by atoms with Crippen molar-refractivity contribution in [3.63, 3.8) is 0 Å². The first-order valence-electron chi connectivity index (χ1n) is 3.65. The van der Waals surface area contributed by atoms with Crippen LogP contribution in [0, 0.1) is 16.7 Å². The Morgan fingerprint density at radius 1 is 1.50 bits per heavy atom. The van der Waals surface area contributed by atoms with Gasteiger partial charge in [-0.25, -0.2) is 0 Å². The summed E-state index contributed by atoms with van der Waals surface area (Å²) in [6.07, 6.45) is 2.96. The summed E-state index contributed by atoms with van der Waals surface area (Å²) < 4.78 is 0. The van der Waals surface area contributed by atoms with E-state index < -0.39 is 0 Å². The van der Waals surface area contributed by atoms with Crippen LogP contribution in [0.15, 0.2) is 0 Å². The summed E-state index contributed by atoms with van der Waals surface area (Å²) in [4.78, 5) is 0. The second-order valence-electron chi connectivity index (χ2n) is 3.99. The lowest BCUT2D eigenvalue weighted by Gasteiger charge is -2.14. The van der Waals surface area contributed by atoms with Crippen LogP contribution in [0.5, 0.6) is 0 Å². The fraction of sp³-hybridized carbons (Fsp3) is 1.00. The van der Waals surface area contributed by atoms with Gasteiger partial charge in [0.15, 0.2) is 0 Å². The minimum absolute atomic E-state index is 0.752. The molecular formula is C8H14. The van der Waals surface area contributed by atoms with E-state index in [-0.39, 0.29) is 0 Å². The van der Waals surface area contributed by atoms with Gasteiger partial charge in [0.1, 0.15) is 0 Å². The molecule has 0 saturated heterocycles. The molecule has 2 aliphatic rings. The largest absolute Gasteiger partial charge is 0.0648 e. The van der Waals surface area contributed by atoms with Crippen LogP contribution in [0.25, 0.3) is 0 Å². The topological polar surface area (TPSA) is 0 Å². The number of hydrogen-bond donors (Lipinski definition) is 0. The molecule has 2 rings (SSSR count). The van der Waals surface area contributed by atoms with E-state index in [1.807, 2.05) is 0 Å². The van der Waals surface area contributed by atoms with Gasteiger partial charge in [-0.1, -0.05) is 20.8 Å². The summed E-state index contributed by atoms with van der Waals surface area (Å²) in [6.45, 7) is 7.14. The summed E-state index contributed by atoms with van der Waals surface area (Å²) in [5.41, 5.74) is 1.61. The van der Waals surface area contributed by atoms with Gasteiger partial charge in [-0.2, -0.15) is 0 Å². The van der Waals surface area contributed by atoms with Gasteiger partial charge in [-0.05, 0) is 29.6 Å². The van der Waals surface area contributed by atoms with Gasteiger partial charge in [0.2, 0.25) is 0 Å². The maximum Gasteiger partial charge on any atom is -0.0209 e. The molecular weight excluding hydrogens is 96.1 g/mol. The molecule has 0 aromatic heterocycles. The van der Waals surface area contributed by atoms with E-state index in [1.165, 1.54) is 12.8 Å². The zero-order chi connectivity index (χ0) is 5.99. The van der Waals surface area contributed by atoms with E-state index in [0.29, 0.717) is 0 Å². The van der Waals surface area contributed by atoms with E-state index in [2.05, 4.69) is 20.8 Å². The van der Waals surface area contributed by atoms with E-state index in [4.69, 9.17) is 0 Å². The Labute approximate surface area is 51.3 Å². The van der Waals surface area contributed by atoms with Crippen LogP contribution in [0.4, 0.5) is 0 Å². The molecule has 0 aromatic rings. The van der Waals surface area contributed by atoms with Crippen LogP contribution in [-0.4, -0.2) is 0 Å². The molecule has 2 unspecified atom stereocenters. The highest BCUT2D eigenvalue weighted by atomic mass is 14.9. The Morgan fingerprint density at radius 2 is 2.00 bits per heavy atom. The number of hydrogen-bond acceptors (Lipinski definition) is 0. The van der Waals surface area contributed by atoms with Gasteiger partial charge in [0.05, 0.1) is 0 Å². The summed E-state index contributed by atoms with van der Waals surface area (Å²) in [7, 11) is 0. The second-order valence-corrected chi connectivity index (χ2v) is 3.99. The van der Waals surface area contributed by atoms with Crippen LogP contribution in [0.2, 0.25) is 0 Å². The molecule has 0 bridgehead atoms. The number of fused-ring (bicyclic) bond motifs is 1. The Kier molecular flexibility index (Phi) is 0.527. The van der Waals surface area contributed by atoms with E-state index in [1.54, 1.807) is 0 Å². The van der Waals surface area contributed by atoms with Crippen molar-refractivity contribution in [2.75, 3.05) is 0 Å². The van der Waals surface area contributed by atoms with Gasteiger partial charge >= 0.3 is 0 Å². The van der Waals surface area contributed by atoms with E-state index >= 15 is 0 Å². The average molecular weight is 110 g/mol. The minimum atomic E-state index is 0.752. The first-order chi connectivity index (χ1) is 3.65. The lowest BCUT2D eigenvalue weighted by molar-refractivity contribution is 0.354. The van der Waals surface area contributed by atoms with Crippen LogP contribution in [0.1, 0.15) is 33.6 Å². The molecule has 2 fully saturated rings. The Balaban J connectivity index is 2.16. The van der Waals surface area contributed by atoms with Crippen molar-refractivity contribution in [1.82, 2.24) is 0 Å². The average Bonchev–Trinajstić information content (AvgIpc) is 2.50. The maximum absolute atomic E-state index is 2.41. The van der Waals surface area contributed by atoms with E-state index in [0.717, 1.165) is 16.7 Å². The summed E-state index contributed by atoms with van der Waals surface area (Å²) in [5, 5.41) is 0. The van der Waals surface area contributed by atoms with Gasteiger partial charge < -0.3 is 0 Å². The highest BCUT2D eigenvalue weighted by Crippen LogP contribution is 2.88. The van der Waals surface area contributed by atoms with Crippen molar-refractivity contribution in [2.45, 2.75) is 33.6 Å². The Morgan fingerprint density at radius 3 is 2.00 bits per heavy atom. The maximum atomic E-state index is 2.41. The van der Waals surface area contributed by atoms with Crippen LogP contribution < -0.4 is 0 Å². The van der Waals surface area contributed by atoms with Crippen molar-refractivity contribution in [2.24, 2.45) is 16.7 Å². The van der Waals surface area contributed by atoms with Gasteiger partial charge in [-0.3, -0.25) is 0 Å². The molecule has 2 saturated carbocycles. The second kappa shape index (κ2) is 0.872. The van der Waals surface area contributed by atoms with E-state index in [9.17, 15) is 0 Å². The van der Waals surface area contributed by atoms with Crippen LogP contribution in [0.3, 0.4) is 0 Å². The van der Waals surface area contributed by atoms with Crippen LogP contribution in [-0.2, 0) is 0 Å². The van der Waals surface area contributed by atoms with Crippen molar-refractivity contribution in [3.8, 4) is 0 Å². The zero-order valence-corrected chi connectivity index (χ0v) is 5.99. The zero-order valence-electron chi connectivity index (χ0n) is 5.99. The van der Waals surface area contributed by atoms with Gasteiger partial charge in [0.25, 0.3) is 0 Å². The molecule has 0 heteroatoms. The molecule has 46 valence electrons. The normalized spacial score (nSPS) is 55.1. The lowest BCUT2D eigenvalue weighted by Crippen LogP contribution is -2.05. The first-order valence-corrected chi connectivity index (χ1v) is 3.65. The van der Waals surface area contributed by atoms with Crippen molar-refractivity contribution in [3.05, 3.63) is 0 Å². The monoisotopic (exact) mass is 110 g/mol. The van der Waals surface area contributed by atoms with Gasteiger partial charge in [-0.15, -0.1) is 0 Å². The fourth-order valence-corrected chi connectivity index (χ4v) is 2.60. The third kappa shape index (κ3) is 0.240.